The van der Waals surface area contributed by atoms with Crippen LogP contribution in [0.2, 0.25) is 0 Å². The maximum Gasteiger partial charge on any atom is 0.226 e. The van der Waals surface area contributed by atoms with Crippen LogP contribution in [0.1, 0.15) is 26.2 Å². The van der Waals surface area contributed by atoms with E-state index in [1.54, 1.807) is 4.90 Å². The van der Waals surface area contributed by atoms with Crippen LogP contribution in [-0.2, 0) is 4.79 Å². The summed E-state index contributed by atoms with van der Waals surface area (Å²) in [5.74, 6) is 0.190. The molecule has 0 unspecified atom stereocenters. The molecule has 0 aliphatic carbocycles. The lowest BCUT2D eigenvalue weighted by atomic mass is 10.1. The number of amides is 1. The summed E-state index contributed by atoms with van der Waals surface area (Å²) >= 11 is 0. The summed E-state index contributed by atoms with van der Waals surface area (Å²) < 4.78 is 0. The van der Waals surface area contributed by atoms with Crippen LogP contribution in [0.3, 0.4) is 0 Å². The molecule has 0 aromatic rings. The highest BCUT2D eigenvalue weighted by Gasteiger charge is 2.17. The molecular weight excluding hydrogens is 174 g/mol. The topological polar surface area (TPSA) is 20.3 Å². The lowest BCUT2D eigenvalue weighted by molar-refractivity contribution is -0.127. The first-order valence-corrected chi connectivity index (χ1v) is 4.95. The molecule has 0 fully saturated rings. The molecule has 2 nitrogen and oxygen atoms in total. The average Bonchev–Trinajstić information content (AvgIpc) is 2.31. The van der Waals surface area contributed by atoms with Crippen LogP contribution < -0.4 is 0 Å². The van der Waals surface area contributed by atoms with E-state index in [0.29, 0.717) is 6.42 Å². The summed E-state index contributed by atoms with van der Waals surface area (Å²) in [7, 11) is 1.83. The molecule has 0 bridgehead atoms. The average molecular weight is 191 g/mol. The molecule has 1 rings (SSSR count). The molecule has 0 radical (unpaired) electrons. The van der Waals surface area contributed by atoms with Crippen molar-refractivity contribution < 1.29 is 4.79 Å². The van der Waals surface area contributed by atoms with Gasteiger partial charge in [0.25, 0.3) is 0 Å². The summed E-state index contributed by atoms with van der Waals surface area (Å²) in [6.45, 7) is 5.74. The first-order chi connectivity index (χ1) is 6.70. The van der Waals surface area contributed by atoms with Crippen LogP contribution >= 0.6 is 0 Å². The van der Waals surface area contributed by atoms with Gasteiger partial charge in [0.2, 0.25) is 5.91 Å². The number of allylic oxidation sites excluding steroid dienone is 4. The van der Waals surface area contributed by atoms with Crippen molar-refractivity contribution in [2.75, 3.05) is 7.05 Å². The van der Waals surface area contributed by atoms with Crippen molar-refractivity contribution in [2.45, 2.75) is 26.2 Å². The standard InChI is InChI=1S/C12H17NO/c1-4-7-11-10(5-2)8-6-9-12(14)13(11)3/h4-5,7H,2,6,8-9H2,1,3H3/b7-4-. The van der Waals surface area contributed by atoms with Crippen molar-refractivity contribution in [3.05, 3.63) is 36.1 Å². The van der Waals surface area contributed by atoms with Crippen LogP contribution in [0.5, 0.6) is 0 Å². The fourth-order valence-electron chi connectivity index (χ4n) is 1.66. The molecule has 2 heteroatoms. The minimum Gasteiger partial charge on any atom is -0.315 e. The first-order valence-electron chi connectivity index (χ1n) is 4.95. The molecule has 0 aromatic heterocycles. The van der Waals surface area contributed by atoms with Crippen molar-refractivity contribution in [1.82, 2.24) is 4.90 Å². The second kappa shape index (κ2) is 4.80. The molecule has 0 atom stereocenters. The fraction of sp³-hybridized carbons (Fsp3) is 0.417. The van der Waals surface area contributed by atoms with Crippen molar-refractivity contribution in [1.29, 1.82) is 0 Å². The molecule has 1 amide bonds. The highest BCUT2D eigenvalue weighted by atomic mass is 16.2. The minimum atomic E-state index is 0.190. The molecular formula is C12H17NO. The number of hydrogen-bond donors (Lipinski definition) is 0. The number of likely N-dealkylation sites (N-methyl/N-ethyl adjacent to an activating group) is 1. The van der Waals surface area contributed by atoms with Crippen molar-refractivity contribution in [2.24, 2.45) is 0 Å². The van der Waals surface area contributed by atoms with E-state index in [-0.39, 0.29) is 5.91 Å². The third kappa shape index (κ3) is 2.13. The van der Waals surface area contributed by atoms with Gasteiger partial charge in [-0.3, -0.25) is 4.79 Å². The van der Waals surface area contributed by atoms with Gasteiger partial charge in [0, 0.05) is 19.2 Å². The largest absolute Gasteiger partial charge is 0.315 e. The predicted molar refractivity (Wildman–Crippen MR) is 58.7 cm³/mol. The zero-order valence-electron chi connectivity index (χ0n) is 8.92. The number of carbonyl (C=O) groups is 1. The van der Waals surface area contributed by atoms with Crippen molar-refractivity contribution in [3.63, 3.8) is 0 Å². The monoisotopic (exact) mass is 191 g/mol. The van der Waals surface area contributed by atoms with E-state index in [9.17, 15) is 4.79 Å². The zero-order valence-corrected chi connectivity index (χ0v) is 8.92. The lowest BCUT2D eigenvalue weighted by Crippen LogP contribution is -2.24. The van der Waals surface area contributed by atoms with Gasteiger partial charge in [-0.25, -0.2) is 0 Å². The molecule has 0 spiro atoms. The number of nitrogens with zero attached hydrogens (tertiary/aromatic N) is 1. The Hall–Kier alpha value is -1.31. The van der Waals surface area contributed by atoms with Gasteiger partial charge >= 0.3 is 0 Å². The Kier molecular flexibility index (Phi) is 3.69. The molecule has 1 heterocycles. The molecule has 1 aliphatic heterocycles. The van der Waals surface area contributed by atoms with E-state index in [1.165, 1.54) is 0 Å². The summed E-state index contributed by atoms with van der Waals surface area (Å²) in [4.78, 5) is 13.3. The molecule has 76 valence electrons. The predicted octanol–water partition coefficient (Wildman–Crippen LogP) is 2.64. The van der Waals surface area contributed by atoms with Gasteiger partial charge < -0.3 is 4.90 Å². The molecule has 0 saturated heterocycles. The number of rotatable bonds is 2. The number of carbonyl (C=O) groups excluding carboxylic acids is 1. The van der Waals surface area contributed by atoms with Gasteiger partial charge in [-0.2, -0.15) is 0 Å². The van der Waals surface area contributed by atoms with E-state index < -0.39 is 0 Å². The number of hydrogen-bond acceptors (Lipinski definition) is 1. The normalized spacial score (nSPS) is 19.0. The SMILES string of the molecule is C=CC1=C(/C=C\C)N(C)C(=O)CCC1. The van der Waals surface area contributed by atoms with Gasteiger partial charge in [-0.1, -0.05) is 18.7 Å². The first kappa shape index (κ1) is 10.8. The Bertz CT molecular complexity index is 299. The molecule has 1 aliphatic rings. The van der Waals surface area contributed by atoms with Crippen LogP contribution in [0.4, 0.5) is 0 Å². The molecule has 14 heavy (non-hydrogen) atoms. The van der Waals surface area contributed by atoms with E-state index in [2.05, 4.69) is 6.58 Å². The molecule has 0 saturated carbocycles. The van der Waals surface area contributed by atoms with Crippen LogP contribution in [-0.4, -0.2) is 17.9 Å². The Morgan fingerprint density at radius 1 is 1.43 bits per heavy atom. The second-order valence-electron chi connectivity index (χ2n) is 3.42. The van der Waals surface area contributed by atoms with Gasteiger partial charge in [-0.15, -0.1) is 0 Å². The minimum absolute atomic E-state index is 0.190. The highest BCUT2D eigenvalue weighted by molar-refractivity contribution is 5.79. The van der Waals surface area contributed by atoms with Gasteiger partial charge in [0.15, 0.2) is 0 Å². The summed E-state index contributed by atoms with van der Waals surface area (Å²) in [5.41, 5.74) is 2.15. The van der Waals surface area contributed by atoms with Gasteiger partial charge in [0.05, 0.1) is 0 Å². The fourth-order valence-corrected chi connectivity index (χ4v) is 1.66. The lowest BCUT2D eigenvalue weighted by Gasteiger charge is -2.17. The Morgan fingerprint density at radius 2 is 2.14 bits per heavy atom. The van der Waals surface area contributed by atoms with Crippen molar-refractivity contribution >= 4 is 5.91 Å². The quantitative estimate of drug-likeness (QED) is 0.657. The van der Waals surface area contributed by atoms with E-state index in [0.717, 1.165) is 24.1 Å². The van der Waals surface area contributed by atoms with E-state index in [4.69, 9.17) is 0 Å². The Balaban J connectivity index is 3.10. The third-order valence-electron chi connectivity index (χ3n) is 2.47. The highest BCUT2D eigenvalue weighted by Crippen LogP contribution is 2.22. The molecule has 0 N–H and O–H groups in total. The van der Waals surface area contributed by atoms with Crippen LogP contribution in [0.15, 0.2) is 36.1 Å². The van der Waals surface area contributed by atoms with Crippen LogP contribution in [0, 0.1) is 0 Å². The van der Waals surface area contributed by atoms with Crippen LogP contribution in [0.25, 0.3) is 0 Å². The van der Waals surface area contributed by atoms with Crippen molar-refractivity contribution in [3.8, 4) is 0 Å². The smallest absolute Gasteiger partial charge is 0.226 e. The molecule has 0 aromatic carbocycles. The third-order valence-corrected chi connectivity index (χ3v) is 2.47. The zero-order chi connectivity index (χ0) is 10.6. The maximum absolute atomic E-state index is 11.6. The summed E-state index contributed by atoms with van der Waals surface area (Å²) in [6.07, 6.45) is 8.28. The van der Waals surface area contributed by atoms with E-state index >= 15 is 0 Å². The van der Waals surface area contributed by atoms with Gasteiger partial charge in [0.1, 0.15) is 0 Å². The Morgan fingerprint density at radius 3 is 2.71 bits per heavy atom. The summed E-state index contributed by atoms with van der Waals surface area (Å²) in [5, 5.41) is 0. The Labute approximate surface area is 85.6 Å². The maximum atomic E-state index is 11.6. The van der Waals surface area contributed by atoms with Gasteiger partial charge in [-0.05, 0) is 31.4 Å². The van der Waals surface area contributed by atoms with E-state index in [1.807, 2.05) is 32.2 Å². The second-order valence-corrected chi connectivity index (χ2v) is 3.42. The summed E-state index contributed by atoms with van der Waals surface area (Å²) in [6, 6.07) is 0.